The van der Waals surface area contributed by atoms with Crippen molar-refractivity contribution < 1.29 is 33.7 Å². The van der Waals surface area contributed by atoms with Crippen LogP contribution in [0.3, 0.4) is 0 Å². The topological polar surface area (TPSA) is 99.1 Å². The third-order valence-electron chi connectivity index (χ3n) is 4.20. The van der Waals surface area contributed by atoms with Crippen LogP contribution in [0.2, 0.25) is 0 Å². The van der Waals surface area contributed by atoms with Crippen molar-refractivity contribution in [1.82, 2.24) is 0 Å². The molecule has 0 aromatic carbocycles. The van der Waals surface area contributed by atoms with Gasteiger partial charge in [-0.15, -0.1) is 0 Å². The highest BCUT2D eigenvalue weighted by Gasteiger charge is 2.43. The second-order valence-corrected chi connectivity index (χ2v) is 6.84. The van der Waals surface area contributed by atoms with Crippen molar-refractivity contribution in [3.8, 4) is 0 Å². The number of esters is 3. The van der Waals surface area contributed by atoms with E-state index < -0.39 is 28.9 Å². The zero-order valence-corrected chi connectivity index (χ0v) is 16.9. The molecule has 0 saturated carbocycles. The lowest BCUT2D eigenvalue weighted by atomic mass is 9.75. The second kappa shape index (κ2) is 12.9. The molecule has 0 atom stereocenters. The minimum atomic E-state index is -1.14. The molecule has 0 heterocycles. The molecule has 28 heavy (non-hydrogen) atoms. The Labute approximate surface area is 167 Å². The summed E-state index contributed by atoms with van der Waals surface area (Å²) < 4.78 is 15.6. The molecule has 0 radical (unpaired) electrons. The van der Waals surface area contributed by atoms with Gasteiger partial charge in [0.05, 0.1) is 11.0 Å². The molecular formula is C21H32O7. The predicted molar refractivity (Wildman–Crippen MR) is 105 cm³/mol. The number of hydrogen-bond donors (Lipinski definition) is 1. The molecule has 0 aromatic rings. The van der Waals surface area contributed by atoms with Gasteiger partial charge in [0.15, 0.2) is 0 Å². The van der Waals surface area contributed by atoms with Crippen molar-refractivity contribution in [2.45, 2.75) is 51.6 Å². The first-order valence-corrected chi connectivity index (χ1v) is 9.29. The molecule has 0 saturated heterocycles. The Morgan fingerprint density at radius 3 is 1.36 bits per heavy atom. The molecular weight excluding hydrogens is 364 g/mol. The van der Waals surface area contributed by atoms with E-state index in [4.69, 9.17) is 14.2 Å². The zero-order valence-electron chi connectivity index (χ0n) is 16.9. The first kappa shape index (κ1) is 25.6. The lowest BCUT2D eigenvalue weighted by molar-refractivity contribution is -0.163. The fourth-order valence-electron chi connectivity index (χ4n) is 3.06. The molecule has 0 aliphatic rings. The number of carbonyl (C=O) groups excluding carboxylic acids is 3. The van der Waals surface area contributed by atoms with Gasteiger partial charge >= 0.3 is 17.9 Å². The van der Waals surface area contributed by atoms with Crippen LogP contribution in [-0.2, 0) is 28.6 Å². The Morgan fingerprint density at radius 1 is 0.786 bits per heavy atom. The summed E-state index contributed by atoms with van der Waals surface area (Å²) in [6.45, 7) is 13.2. The van der Waals surface area contributed by atoms with Crippen LogP contribution in [-0.4, -0.2) is 48.4 Å². The molecule has 0 amide bonds. The van der Waals surface area contributed by atoms with Gasteiger partial charge in [-0.2, -0.15) is 0 Å². The zero-order chi connectivity index (χ0) is 21.6. The molecule has 0 aliphatic heterocycles. The van der Waals surface area contributed by atoms with E-state index in [9.17, 15) is 19.5 Å². The maximum absolute atomic E-state index is 11.6. The highest BCUT2D eigenvalue weighted by atomic mass is 16.6. The third kappa shape index (κ3) is 9.50. The van der Waals surface area contributed by atoms with E-state index in [1.807, 2.05) is 13.8 Å². The summed E-state index contributed by atoms with van der Waals surface area (Å²) >= 11 is 0. The molecule has 0 fully saturated rings. The summed E-state index contributed by atoms with van der Waals surface area (Å²) in [5, 5.41) is 11.1. The Morgan fingerprint density at radius 2 is 1.11 bits per heavy atom. The highest BCUT2D eigenvalue weighted by Crippen LogP contribution is 2.36. The molecule has 0 rings (SSSR count). The Bertz CT molecular complexity index is 499. The van der Waals surface area contributed by atoms with Gasteiger partial charge < -0.3 is 19.3 Å². The summed E-state index contributed by atoms with van der Waals surface area (Å²) in [6, 6.07) is 0. The Kier molecular flexibility index (Phi) is 11.8. The van der Waals surface area contributed by atoms with E-state index in [-0.39, 0.29) is 26.2 Å². The average molecular weight is 396 g/mol. The fourth-order valence-corrected chi connectivity index (χ4v) is 3.06. The molecule has 7 nitrogen and oxygen atoms in total. The monoisotopic (exact) mass is 396 g/mol. The van der Waals surface area contributed by atoms with Crippen LogP contribution in [0.4, 0.5) is 0 Å². The average Bonchev–Trinajstić information content (AvgIpc) is 2.68. The highest BCUT2D eigenvalue weighted by molar-refractivity contribution is 5.82. The minimum Gasteiger partial charge on any atom is -0.462 e. The predicted octanol–water partition coefficient (Wildman–Crippen LogP) is 2.88. The first-order valence-electron chi connectivity index (χ1n) is 9.29. The van der Waals surface area contributed by atoms with Crippen LogP contribution in [0, 0.1) is 5.41 Å². The van der Waals surface area contributed by atoms with Gasteiger partial charge in [0.1, 0.15) is 19.8 Å². The standard InChI is InChI=1S/C21H32O7/c1-6-11-21(25,12-7-2)13-20(14-26-17(22)8-3,15-27-18(23)9-4)16-28-19(24)10-5/h8-10,25H,3-7,11-16H2,1-2H3. The van der Waals surface area contributed by atoms with Crippen LogP contribution in [0.1, 0.15) is 46.0 Å². The van der Waals surface area contributed by atoms with Gasteiger partial charge in [-0.05, 0) is 19.3 Å². The third-order valence-corrected chi connectivity index (χ3v) is 4.20. The quantitative estimate of drug-likeness (QED) is 0.258. The van der Waals surface area contributed by atoms with Gasteiger partial charge in [-0.25, -0.2) is 14.4 Å². The molecule has 1 N–H and O–H groups in total. The first-order chi connectivity index (χ1) is 13.2. The smallest absolute Gasteiger partial charge is 0.330 e. The van der Waals surface area contributed by atoms with Crippen LogP contribution in [0.25, 0.3) is 0 Å². The van der Waals surface area contributed by atoms with Crippen molar-refractivity contribution in [2.24, 2.45) is 5.41 Å². The van der Waals surface area contributed by atoms with E-state index in [1.54, 1.807) is 0 Å². The number of ether oxygens (including phenoxy) is 3. The summed E-state index contributed by atoms with van der Waals surface area (Å²) in [5.74, 6) is -2.03. The fraction of sp³-hybridized carbons (Fsp3) is 0.571. The van der Waals surface area contributed by atoms with Crippen LogP contribution in [0.5, 0.6) is 0 Å². The molecule has 0 spiro atoms. The summed E-state index contributed by atoms with van der Waals surface area (Å²) in [4.78, 5) is 34.8. The summed E-state index contributed by atoms with van der Waals surface area (Å²) in [7, 11) is 0. The molecule has 158 valence electrons. The van der Waals surface area contributed by atoms with E-state index in [0.717, 1.165) is 31.1 Å². The Balaban J connectivity index is 5.83. The second-order valence-electron chi connectivity index (χ2n) is 6.84. The van der Waals surface area contributed by atoms with Crippen molar-refractivity contribution in [2.75, 3.05) is 19.8 Å². The molecule has 0 aromatic heterocycles. The van der Waals surface area contributed by atoms with Crippen molar-refractivity contribution in [3.63, 3.8) is 0 Å². The van der Waals surface area contributed by atoms with Crippen LogP contribution in [0.15, 0.2) is 38.0 Å². The number of carbonyl (C=O) groups is 3. The van der Waals surface area contributed by atoms with Crippen molar-refractivity contribution in [3.05, 3.63) is 38.0 Å². The van der Waals surface area contributed by atoms with Crippen LogP contribution >= 0.6 is 0 Å². The van der Waals surface area contributed by atoms with Gasteiger partial charge in [0.25, 0.3) is 0 Å². The van der Waals surface area contributed by atoms with Gasteiger partial charge in [0.2, 0.25) is 0 Å². The summed E-state index contributed by atoms with van der Waals surface area (Å²) in [5.41, 5.74) is -2.25. The SMILES string of the molecule is C=CC(=O)OCC(COC(=O)C=C)(COC(=O)C=C)CC(O)(CCC)CCC. The normalized spacial score (nSPS) is 11.2. The van der Waals surface area contributed by atoms with E-state index in [1.165, 1.54) is 0 Å². The molecule has 0 bridgehead atoms. The van der Waals surface area contributed by atoms with Crippen molar-refractivity contribution >= 4 is 17.9 Å². The Hall–Kier alpha value is -2.41. The maximum Gasteiger partial charge on any atom is 0.330 e. The van der Waals surface area contributed by atoms with E-state index in [2.05, 4.69) is 19.7 Å². The van der Waals surface area contributed by atoms with E-state index >= 15 is 0 Å². The van der Waals surface area contributed by atoms with Gasteiger partial charge in [-0.3, -0.25) is 0 Å². The van der Waals surface area contributed by atoms with Gasteiger partial charge in [0, 0.05) is 18.2 Å². The largest absolute Gasteiger partial charge is 0.462 e. The van der Waals surface area contributed by atoms with Gasteiger partial charge in [-0.1, -0.05) is 46.4 Å². The van der Waals surface area contributed by atoms with Crippen molar-refractivity contribution in [1.29, 1.82) is 0 Å². The van der Waals surface area contributed by atoms with E-state index in [0.29, 0.717) is 12.8 Å². The lowest BCUT2D eigenvalue weighted by Gasteiger charge is -2.39. The van der Waals surface area contributed by atoms with Crippen LogP contribution < -0.4 is 0 Å². The molecule has 7 heteroatoms. The number of hydrogen-bond acceptors (Lipinski definition) is 7. The number of rotatable bonds is 15. The minimum absolute atomic E-state index is 0.0982. The summed E-state index contributed by atoms with van der Waals surface area (Å²) in [6.07, 6.45) is 5.52. The number of aliphatic hydroxyl groups is 1. The molecule has 0 unspecified atom stereocenters. The lowest BCUT2D eigenvalue weighted by Crippen LogP contribution is -2.46. The molecule has 0 aliphatic carbocycles. The maximum atomic E-state index is 11.6.